The molecule has 1 saturated heterocycles. The molecule has 0 aliphatic carbocycles. The van der Waals surface area contributed by atoms with Gasteiger partial charge in [-0.25, -0.2) is 4.98 Å². The van der Waals surface area contributed by atoms with Gasteiger partial charge in [0.2, 0.25) is 5.91 Å². The molecule has 6 nitrogen and oxygen atoms in total. The molecule has 1 aliphatic heterocycles. The summed E-state index contributed by atoms with van der Waals surface area (Å²) < 4.78 is 0. The van der Waals surface area contributed by atoms with E-state index in [0.717, 1.165) is 6.42 Å². The summed E-state index contributed by atoms with van der Waals surface area (Å²) in [5.41, 5.74) is 6.43. The number of pyridine rings is 1. The van der Waals surface area contributed by atoms with Gasteiger partial charge in [-0.3, -0.25) is 4.79 Å². The van der Waals surface area contributed by atoms with Gasteiger partial charge in [0.15, 0.2) is 0 Å². The second kappa shape index (κ2) is 4.70. The molecule has 17 heavy (non-hydrogen) atoms. The minimum atomic E-state index is -0.0509. The van der Waals surface area contributed by atoms with E-state index in [1.54, 1.807) is 11.0 Å². The highest BCUT2D eigenvalue weighted by molar-refractivity contribution is 5.82. The number of hydrogen-bond donors (Lipinski definition) is 2. The number of anilines is 2. The van der Waals surface area contributed by atoms with Gasteiger partial charge in [-0.1, -0.05) is 0 Å². The van der Waals surface area contributed by atoms with Crippen LogP contribution in [0.5, 0.6) is 0 Å². The maximum Gasteiger partial charge on any atom is 0.239 e. The number of nitrogens with zero attached hydrogens (tertiary/aromatic N) is 3. The number of hydrogen-bond acceptors (Lipinski definition) is 5. The Bertz CT molecular complexity index is 479. The summed E-state index contributed by atoms with van der Waals surface area (Å²) in [5.74, 6) is 0.476. The summed E-state index contributed by atoms with van der Waals surface area (Å²) in [4.78, 5) is 17.4. The molecule has 1 fully saturated rings. The SMILES string of the molecule is N#Cc1cc(N)cnc1N1CCCNC(=O)C1. The fraction of sp³-hybridized carbons (Fsp3) is 0.364. The first-order valence-corrected chi connectivity index (χ1v) is 5.38. The number of amides is 1. The average Bonchev–Trinajstić information content (AvgIpc) is 2.53. The average molecular weight is 231 g/mol. The predicted octanol–water partition coefficient (Wildman–Crippen LogP) is -0.138. The van der Waals surface area contributed by atoms with E-state index >= 15 is 0 Å². The summed E-state index contributed by atoms with van der Waals surface area (Å²) in [5, 5.41) is 11.8. The van der Waals surface area contributed by atoms with Crippen LogP contribution in [-0.2, 0) is 4.79 Å². The van der Waals surface area contributed by atoms with Gasteiger partial charge in [0.05, 0.1) is 24.0 Å². The molecule has 0 aromatic carbocycles. The quantitative estimate of drug-likeness (QED) is 0.701. The zero-order valence-electron chi connectivity index (χ0n) is 9.31. The van der Waals surface area contributed by atoms with E-state index in [2.05, 4.69) is 16.4 Å². The molecule has 1 aromatic heterocycles. The topological polar surface area (TPSA) is 95.0 Å². The molecule has 0 atom stereocenters. The molecule has 2 rings (SSSR count). The van der Waals surface area contributed by atoms with Crippen molar-refractivity contribution in [3.63, 3.8) is 0 Å². The van der Waals surface area contributed by atoms with E-state index < -0.39 is 0 Å². The van der Waals surface area contributed by atoms with E-state index in [-0.39, 0.29) is 12.5 Å². The van der Waals surface area contributed by atoms with Gasteiger partial charge >= 0.3 is 0 Å². The summed E-state index contributed by atoms with van der Waals surface area (Å²) in [6.45, 7) is 1.59. The standard InChI is InChI=1S/C11H13N5O/c12-5-8-4-9(13)6-15-11(8)16-3-1-2-14-10(17)7-16/h4,6H,1-3,7,13H2,(H,14,17). The molecule has 2 heterocycles. The number of rotatable bonds is 1. The largest absolute Gasteiger partial charge is 0.397 e. The van der Waals surface area contributed by atoms with Crippen LogP contribution in [0.2, 0.25) is 0 Å². The summed E-state index contributed by atoms with van der Waals surface area (Å²) in [6.07, 6.45) is 2.33. The Morgan fingerprint density at radius 3 is 3.18 bits per heavy atom. The van der Waals surface area contributed by atoms with Gasteiger partial charge in [-0.2, -0.15) is 5.26 Å². The molecule has 1 aromatic rings. The first kappa shape index (κ1) is 11.2. The third kappa shape index (κ3) is 2.45. The van der Waals surface area contributed by atoms with E-state index in [9.17, 15) is 4.79 Å². The normalized spacial score (nSPS) is 15.9. The lowest BCUT2D eigenvalue weighted by Gasteiger charge is -2.21. The number of nitrogens with two attached hydrogens (primary N) is 1. The summed E-state index contributed by atoms with van der Waals surface area (Å²) in [6, 6.07) is 3.63. The summed E-state index contributed by atoms with van der Waals surface area (Å²) >= 11 is 0. The van der Waals surface area contributed by atoms with Crippen molar-refractivity contribution in [3.8, 4) is 6.07 Å². The van der Waals surface area contributed by atoms with Crippen LogP contribution in [0.4, 0.5) is 11.5 Å². The zero-order valence-corrected chi connectivity index (χ0v) is 9.31. The van der Waals surface area contributed by atoms with Gasteiger partial charge in [-0.15, -0.1) is 0 Å². The molecule has 0 saturated carbocycles. The molecule has 6 heteroatoms. The van der Waals surface area contributed by atoms with Crippen molar-refractivity contribution in [3.05, 3.63) is 17.8 Å². The molecule has 0 unspecified atom stereocenters. The van der Waals surface area contributed by atoms with Gasteiger partial charge in [0, 0.05) is 13.1 Å². The van der Waals surface area contributed by atoms with Crippen LogP contribution in [0.1, 0.15) is 12.0 Å². The van der Waals surface area contributed by atoms with Gasteiger partial charge in [0.25, 0.3) is 0 Å². The zero-order chi connectivity index (χ0) is 12.3. The maximum atomic E-state index is 11.4. The highest BCUT2D eigenvalue weighted by Gasteiger charge is 2.18. The van der Waals surface area contributed by atoms with Crippen molar-refractivity contribution >= 4 is 17.4 Å². The second-order valence-corrected chi connectivity index (χ2v) is 3.88. The number of carbonyl (C=O) groups is 1. The number of aromatic nitrogens is 1. The van der Waals surface area contributed by atoms with Crippen LogP contribution in [0.3, 0.4) is 0 Å². The number of carbonyl (C=O) groups excluding carboxylic acids is 1. The van der Waals surface area contributed by atoms with Gasteiger partial charge in [0.1, 0.15) is 11.9 Å². The molecule has 0 bridgehead atoms. The fourth-order valence-electron chi connectivity index (χ4n) is 1.79. The van der Waals surface area contributed by atoms with Gasteiger partial charge in [-0.05, 0) is 12.5 Å². The highest BCUT2D eigenvalue weighted by atomic mass is 16.2. The molecule has 3 N–H and O–H groups in total. The monoisotopic (exact) mass is 231 g/mol. The van der Waals surface area contributed by atoms with Crippen molar-refractivity contribution in [1.82, 2.24) is 10.3 Å². The smallest absolute Gasteiger partial charge is 0.239 e. The summed E-state index contributed by atoms with van der Waals surface area (Å²) in [7, 11) is 0. The lowest BCUT2D eigenvalue weighted by molar-refractivity contribution is -0.119. The molecule has 88 valence electrons. The van der Waals surface area contributed by atoms with Gasteiger partial charge < -0.3 is 16.0 Å². The predicted molar refractivity (Wildman–Crippen MR) is 63.2 cm³/mol. The molecule has 1 aliphatic rings. The van der Waals surface area contributed by atoms with Crippen molar-refractivity contribution in [2.24, 2.45) is 0 Å². The highest BCUT2D eigenvalue weighted by Crippen LogP contribution is 2.19. The maximum absolute atomic E-state index is 11.4. The van der Waals surface area contributed by atoms with Crippen LogP contribution >= 0.6 is 0 Å². The van der Waals surface area contributed by atoms with Crippen LogP contribution in [-0.4, -0.2) is 30.5 Å². The lowest BCUT2D eigenvalue weighted by Crippen LogP contribution is -2.34. The minimum absolute atomic E-state index is 0.0509. The molecular weight excluding hydrogens is 218 g/mol. The van der Waals surface area contributed by atoms with Crippen molar-refractivity contribution in [2.75, 3.05) is 30.3 Å². The Morgan fingerprint density at radius 2 is 2.41 bits per heavy atom. The Morgan fingerprint density at radius 1 is 1.59 bits per heavy atom. The van der Waals surface area contributed by atoms with Crippen molar-refractivity contribution in [2.45, 2.75) is 6.42 Å². The lowest BCUT2D eigenvalue weighted by atomic mass is 10.2. The second-order valence-electron chi connectivity index (χ2n) is 3.88. The van der Waals surface area contributed by atoms with E-state index in [1.807, 2.05) is 0 Å². The molecular formula is C11H13N5O. The molecule has 0 spiro atoms. The van der Waals surface area contributed by atoms with E-state index in [4.69, 9.17) is 11.0 Å². The van der Waals surface area contributed by atoms with Crippen molar-refractivity contribution < 1.29 is 4.79 Å². The fourth-order valence-corrected chi connectivity index (χ4v) is 1.79. The molecule has 0 radical (unpaired) electrons. The third-order valence-electron chi connectivity index (χ3n) is 2.57. The number of nitriles is 1. The van der Waals surface area contributed by atoms with Crippen LogP contribution in [0.25, 0.3) is 0 Å². The minimum Gasteiger partial charge on any atom is -0.397 e. The first-order valence-electron chi connectivity index (χ1n) is 5.38. The third-order valence-corrected chi connectivity index (χ3v) is 2.57. The first-order chi connectivity index (χ1) is 8.20. The Labute approximate surface area is 99.0 Å². The number of nitrogens with one attached hydrogen (secondary N) is 1. The Hall–Kier alpha value is -2.29. The van der Waals surface area contributed by atoms with Crippen LogP contribution < -0.4 is 16.0 Å². The van der Waals surface area contributed by atoms with Crippen molar-refractivity contribution in [1.29, 1.82) is 5.26 Å². The molecule has 1 amide bonds. The number of nitrogen functional groups attached to an aromatic ring is 1. The van der Waals surface area contributed by atoms with E-state index in [1.165, 1.54) is 6.20 Å². The van der Waals surface area contributed by atoms with Crippen LogP contribution in [0, 0.1) is 11.3 Å². The van der Waals surface area contributed by atoms with Crippen LogP contribution in [0.15, 0.2) is 12.3 Å². The van der Waals surface area contributed by atoms with E-state index in [0.29, 0.717) is 30.2 Å². The Balaban J connectivity index is 2.32. The Kier molecular flexibility index (Phi) is 3.10.